The van der Waals surface area contributed by atoms with Gasteiger partial charge in [0, 0.05) is 11.2 Å². The zero-order valence-electron chi connectivity index (χ0n) is 15.4. The molecule has 1 N–H and O–H groups in total. The van der Waals surface area contributed by atoms with Crippen LogP contribution in [0.25, 0.3) is 0 Å². The van der Waals surface area contributed by atoms with E-state index in [1.54, 1.807) is 17.1 Å². The molecule has 1 amide bonds. The van der Waals surface area contributed by atoms with E-state index < -0.39 is 0 Å². The molecule has 0 aliphatic rings. The van der Waals surface area contributed by atoms with Crippen molar-refractivity contribution in [1.82, 2.24) is 19.6 Å². The molecule has 1 unspecified atom stereocenters. The van der Waals surface area contributed by atoms with Crippen LogP contribution in [0.15, 0.2) is 41.1 Å². The van der Waals surface area contributed by atoms with Gasteiger partial charge in [-0.05, 0) is 53.9 Å². The normalized spacial score (nSPS) is 12.2. The Hall–Kier alpha value is -2.12. The Bertz CT molecular complexity index is 948. The molecule has 2 heterocycles. The van der Waals surface area contributed by atoms with Crippen LogP contribution >= 0.6 is 27.5 Å². The summed E-state index contributed by atoms with van der Waals surface area (Å²) in [6, 6.07) is 7.28. The van der Waals surface area contributed by atoms with Crippen LogP contribution in [0.5, 0.6) is 0 Å². The molecule has 0 saturated carbocycles. The summed E-state index contributed by atoms with van der Waals surface area (Å²) in [5.41, 5.74) is 3.54. The second kappa shape index (κ2) is 8.27. The summed E-state index contributed by atoms with van der Waals surface area (Å²) in [6.07, 6.45) is 4.12. The fourth-order valence-electron chi connectivity index (χ4n) is 2.98. The first-order valence-corrected chi connectivity index (χ1v) is 9.85. The SMILES string of the molecule is CCC(C(=O)Nc1c(C)nn(Cc2ccc(Cl)cc2)c1C)n1cc(Br)cn1. The highest BCUT2D eigenvalue weighted by molar-refractivity contribution is 9.10. The largest absolute Gasteiger partial charge is 0.321 e. The van der Waals surface area contributed by atoms with Gasteiger partial charge < -0.3 is 5.32 Å². The van der Waals surface area contributed by atoms with Crippen LogP contribution in [0.3, 0.4) is 0 Å². The monoisotopic (exact) mass is 449 g/mol. The summed E-state index contributed by atoms with van der Waals surface area (Å²) in [5, 5.41) is 12.6. The average Bonchev–Trinajstić information content (AvgIpc) is 3.16. The molecule has 3 rings (SSSR count). The predicted octanol–water partition coefficient (Wildman–Crippen LogP) is 4.75. The van der Waals surface area contributed by atoms with Crippen molar-refractivity contribution in [2.75, 3.05) is 5.32 Å². The lowest BCUT2D eigenvalue weighted by Crippen LogP contribution is -2.26. The molecule has 27 heavy (non-hydrogen) atoms. The lowest BCUT2D eigenvalue weighted by Gasteiger charge is -2.16. The van der Waals surface area contributed by atoms with Crippen molar-refractivity contribution in [1.29, 1.82) is 0 Å². The van der Waals surface area contributed by atoms with Crippen LogP contribution < -0.4 is 5.32 Å². The summed E-state index contributed by atoms with van der Waals surface area (Å²) in [5.74, 6) is -0.106. The van der Waals surface area contributed by atoms with E-state index in [2.05, 4.69) is 31.4 Å². The molecule has 0 bridgehead atoms. The van der Waals surface area contributed by atoms with E-state index in [4.69, 9.17) is 11.6 Å². The first kappa shape index (κ1) is 19.6. The molecule has 0 aliphatic carbocycles. The number of nitrogens with zero attached hydrogens (tertiary/aromatic N) is 4. The Kier molecular flexibility index (Phi) is 6.01. The van der Waals surface area contributed by atoms with Crippen molar-refractivity contribution in [2.24, 2.45) is 0 Å². The third-order valence-corrected chi connectivity index (χ3v) is 5.12. The quantitative estimate of drug-likeness (QED) is 0.589. The Morgan fingerprint density at radius 1 is 1.30 bits per heavy atom. The third kappa shape index (κ3) is 4.42. The van der Waals surface area contributed by atoms with E-state index in [1.165, 1.54) is 0 Å². The molecule has 3 aromatic rings. The summed E-state index contributed by atoms with van der Waals surface area (Å²) in [4.78, 5) is 12.8. The van der Waals surface area contributed by atoms with E-state index in [0.717, 1.165) is 27.1 Å². The van der Waals surface area contributed by atoms with Crippen LogP contribution in [0.2, 0.25) is 5.02 Å². The van der Waals surface area contributed by atoms with Gasteiger partial charge in [0.05, 0.1) is 34.3 Å². The molecule has 1 aromatic carbocycles. The second-order valence-corrected chi connectivity index (χ2v) is 7.73. The number of aryl methyl sites for hydroxylation is 1. The minimum atomic E-state index is -0.380. The number of hydrogen-bond acceptors (Lipinski definition) is 3. The smallest absolute Gasteiger partial charge is 0.249 e. The topological polar surface area (TPSA) is 64.7 Å². The van der Waals surface area contributed by atoms with E-state index in [1.807, 2.05) is 49.7 Å². The Labute approximate surface area is 171 Å². The highest BCUT2D eigenvalue weighted by Crippen LogP contribution is 2.23. The van der Waals surface area contributed by atoms with Crippen molar-refractivity contribution in [3.63, 3.8) is 0 Å². The summed E-state index contributed by atoms with van der Waals surface area (Å²) >= 11 is 9.32. The first-order chi connectivity index (χ1) is 12.9. The molecule has 142 valence electrons. The van der Waals surface area contributed by atoms with Gasteiger partial charge in [0.1, 0.15) is 6.04 Å². The fraction of sp³-hybridized carbons (Fsp3) is 0.316. The van der Waals surface area contributed by atoms with Gasteiger partial charge in [-0.1, -0.05) is 30.7 Å². The molecule has 8 heteroatoms. The fourth-order valence-corrected chi connectivity index (χ4v) is 3.41. The summed E-state index contributed by atoms with van der Waals surface area (Å²) in [6.45, 7) is 6.43. The lowest BCUT2D eigenvalue weighted by molar-refractivity contribution is -0.119. The van der Waals surface area contributed by atoms with E-state index >= 15 is 0 Å². The lowest BCUT2D eigenvalue weighted by atomic mass is 10.2. The molecule has 0 aliphatic heterocycles. The zero-order chi connectivity index (χ0) is 19.6. The van der Waals surface area contributed by atoms with E-state index in [0.29, 0.717) is 18.0 Å². The number of nitrogens with one attached hydrogen (secondary N) is 1. The zero-order valence-corrected chi connectivity index (χ0v) is 17.8. The molecule has 6 nitrogen and oxygen atoms in total. The maximum atomic E-state index is 12.8. The number of amides is 1. The van der Waals surface area contributed by atoms with E-state index in [9.17, 15) is 4.79 Å². The first-order valence-electron chi connectivity index (χ1n) is 8.68. The highest BCUT2D eigenvalue weighted by Gasteiger charge is 2.22. The van der Waals surface area contributed by atoms with Crippen molar-refractivity contribution in [3.05, 3.63) is 63.1 Å². The third-order valence-electron chi connectivity index (χ3n) is 4.45. The average molecular weight is 451 g/mol. The molecule has 0 saturated heterocycles. The van der Waals surface area contributed by atoms with Crippen molar-refractivity contribution in [3.8, 4) is 0 Å². The van der Waals surface area contributed by atoms with Gasteiger partial charge in [0.2, 0.25) is 5.91 Å². The molecular weight excluding hydrogens is 430 g/mol. The Morgan fingerprint density at radius 2 is 2.00 bits per heavy atom. The molecule has 2 aromatic heterocycles. The molecule has 0 radical (unpaired) electrons. The number of rotatable bonds is 6. The van der Waals surface area contributed by atoms with Crippen LogP contribution in [-0.2, 0) is 11.3 Å². The number of carbonyl (C=O) groups excluding carboxylic acids is 1. The van der Waals surface area contributed by atoms with Gasteiger partial charge in [0.25, 0.3) is 0 Å². The minimum Gasteiger partial charge on any atom is -0.321 e. The molecule has 0 fully saturated rings. The predicted molar refractivity (Wildman–Crippen MR) is 110 cm³/mol. The van der Waals surface area contributed by atoms with Crippen LogP contribution in [0.4, 0.5) is 5.69 Å². The van der Waals surface area contributed by atoms with Gasteiger partial charge in [-0.2, -0.15) is 10.2 Å². The molecule has 1 atom stereocenters. The maximum absolute atomic E-state index is 12.8. The Balaban J connectivity index is 1.79. The number of carbonyl (C=O) groups is 1. The standard InChI is InChI=1S/C19H21BrClN5O/c1-4-17(26-11-15(20)9-22-26)19(27)23-18-12(2)24-25(13(18)3)10-14-5-7-16(21)8-6-14/h5-9,11,17H,4,10H2,1-3H3,(H,23,27). The number of anilines is 1. The van der Waals surface area contributed by atoms with Crippen LogP contribution in [0, 0.1) is 13.8 Å². The van der Waals surface area contributed by atoms with Gasteiger partial charge in [-0.25, -0.2) is 0 Å². The van der Waals surface area contributed by atoms with Gasteiger partial charge in [0.15, 0.2) is 0 Å². The van der Waals surface area contributed by atoms with Crippen molar-refractivity contribution in [2.45, 2.75) is 39.8 Å². The van der Waals surface area contributed by atoms with E-state index in [-0.39, 0.29) is 11.9 Å². The highest BCUT2D eigenvalue weighted by atomic mass is 79.9. The van der Waals surface area contributed by atoms with Gasteiger partial charge in [-0.15, -0.1) is 0 Å². The minimum absolute atomic E-state index is 0.106. The van der Waals surface area contributed by atoms with Crippen LogP contribution in [0.1, 0.15) is 36.3 Å². The maximum Gasteiger partial charge on any atom is 0.249 e. The summed E-state index contributed by atoms with van der Waals surface area (Å²) < 4.78 is 4.40. The van der Waals surface area contributed by atoms with Crippen LogP contribution in [-0.4, -0.2) is 25.5 Å². The molecular formula is C19H21BrClN5O. The number of halogens is 2. The Morgan fingerprint density at radius 3 is 2.59 bits per heavy atom. The number of benzene rings is 1. The summed E-state index contributed by atoms with van der Waals surface area (Å²) in [7, 11) is 0. The van der Waals surface area contributed by atoms with Crippen molar-refractivity contribution < 1.29 is 4.79 Å². The second-order valence-electron chi connectivity index (χ2n) is 6.38. The van der Waals surface area contributed by atoms with Gasteiger partial charge >= 0.3 is 0 Å². The van der Waals surface area contributed by atoms with Gasteiger partial charge in [-0.3, -0.25) is 14.2 Å². The van der Waals surface area contributed by atoms with Crippen molar-refractivity contribution >= 4 is 39.1 Å². The molecule has 0 spiro atoms. The number of hydrogen-bond donors (Lipinski definition) is 1. The number of aromatic nitrogens is 4.